The monoisotopic (exact) mass is 177 g/mol. The van der Waals surface area contributed by atoms with Gasteiger partial charge in [-0.25, -0.2) is 8.42 Å². The Balaban J connectivity index is 2.75. The first kappa shape index (κ1) is 7.62. The highest BCUT2D eigenvalue weighted by atomic mass is 32.2. The number of aromatic nitrogens is 2. The highest BCUT2D eigenvalue weighted by Crippen LogP contribution is 2.07. The number of hydrogen-bond donors (Lipinski definition) is 0. The van der Waals surface area contributed by atoms with Gasteiger partial charge >= 0.3 is 0 Å². The fourth-order valence-electron chi connectivity index (χ4n) is 0.416. The van der Waals surface area contributed by atoms with Gasteiger partial charge in [0.25, 0.3) is 0 Å². The Kier molecular flexibility index (Phi) is 2.00. The summed E-state index contributed by atoms with van der Waals surface area (Å²) < 4.78 is 21.2. The zero-order chi connectivity index (χ0) is 7.61. The topological polar surface area (TPSA) is 59.9 Å². The molecule has 0 atom stereocenters. The SMILES string of the molecule is CS(=O)(=O)[CH]c1nncs1. The quantitative estimate of drug-likeness (QED) is 0.642. The molecule has 6 heteroatoms. The molecule has 0 fully saturated rings. The van der Waals surface area contributed by atoms with Crippen molar-refractivity contribution in [2.45, 2.75) is 0 Å². The maximum absolute atomic E-state index is 10.6. The third-order valence-electron chi connectivity index (χ3n) is 0.692. The summed E-state index contributed by atoms with van der Waals surface area (Å²) in [7, 11) is -3.06. The predicted octanol–water partition coefficient (Wildman–Crippen LogP) is 0.0926. The Bertz CT molecular complexity index is 289. The van der Waals surface area contributed by atoms with E-state index in [4.69, 9.17) is 0 Å². The van der Waals surface area contributed by atoms with Crippen molar-refractivity contribution in [2.75, 3.05) is 6.26 Å². The molecule has 1 aromatic rings. The zero-order valence-corrected chi connectivity index (χ0v) is 6.82. The van der Waals surface area contributed by atoms with Crippen molar-refractivity contribution < 1.29 is 8.42 Å². The van der Waals surface area contributed by atoms with Crippen molar-refractivity contribution in [1.29, 1.82) is 0 Å². The van der Waals surface area contributed by atoms with E-state index in [9.17, 15) is 8.42 Å². The Labute approximate surface area is 62.8 Å². The maximum Gasteiger partial charge on any atom is 0.158 e. The van der Waals surface area contributed by atoms with Crippen molar-refractivity contribution in [1.82, 2.24) is 10.2 Å². The van der Waals surface area contributed by atoms with Crippen LogP contribution in [0.1, 0.15) is 5.01 Å². The van der Waals surface area contributed by atoms with E-state index in [0.717, 1.165) is 12.0 Å². The van der Waals surface area contributed by atoms with E-state index in [1.54, 1.807) is 0 Å². The molecule has 0 saturated carbocycles. The molecule has 0 N–H and O–H groups in total. The second-order valence-electron chi connectivity index (χ2n) is 1.72. The molecule has 0 aliphatic rings. The molecule has 0 unspecified atom stereocenters. The van der Waals surface area contributed by atoms with Gasteiger partial charge in [0.1, 0.15) is 16.3 Å². The van der Waals surface area contributed by atoms with Crippen molar-refractivity contribution >= 4 is 21.2 Å². The third-order valence-corrected chi connectivity index (χ3v) is 2.13. The molecule has 4 nitrogen and oxygen atoms in total. The molecule has 55 valence electrons. The first-order chi connectivity index (χ1) is 4.58. The molecule has 0 aromatic carbocycles. The van der Waals surface area contributed by atoms with Crippen molar-refractivity contribution in [3.63, 3.8) is 0 Å². The summed E-state index contributed by atoms with van der Waals surface area (Å²) in [5.74, 6) is 1.09. The predicted molar refractivity (Wildman–Crippen MR) is 38.2 cm³/mol. The molecule has 0 aliphatic carbocycles. The fourth-order valence-corrected chi connectivity index (χ4v) is 1.87. The van der Waals surface area contributed by atoms with Gasteiger partial charge < -0.3 is 0 Å². The number of hydrogen-bond acceptors (Lipinski definition) is 5. The van der Waals surface area contributed by atoms with Crippen LogP contribution >= 0.6 is 11.3 Å². The molecule has 0 saturated heterocycles. The van der Waals surface area contributed by atoms with Gasteiger partial charge in [-0.1, -0.05) is 0 Å². The van der Waals surface area contributed by atoms with Crippen LogP contribution in [0.25, 0.3) is 0 Å². The van der Waals surface area contributed by atoms with Crippen LogP contribution in [-0.2, 0) is 9.84 Å². The Morgan fingerprint density at radius 1 is 1.70 bits per heavy atom. The second-order valence-corrected chi connectivity index (χ2v) is 4.48. The molecule has 1 heterocycles. The lowest BCUT2D eigenvalue weighted by molar-refractivity contribution is 0.607. The lowest BCUT2D eigenvalue weighted by Gasteiger charge is -1.87. The largest absolute Gasteiger partial charge is 0.228 e. The van der Waals surface area contributed by atoms with Crippen LogP contribution in [0.2, 0.25) is 0 Å². The van der Waals surface area contributed by atoms with Gasteiger partial charge in [0, 0.05) is 6.26 Å². The maximum atomic E-state index is 10.6. The minimum absolute atomic E-state index is 0.419. The summed E-state index contributed by atoms with van der Waals surface area (Å²) in [6.45, 7) is 0. The van der Waals surface area contributed by atoms with Crippen LogP contribution in [0.4, 0.5) is 0 Å². The summed E-state index contributed by atoms with van der Waals surface area (Å²) in [6, 6.07) is 0. The summed E-state index contributed by atoms with van der Waals surface area (Å²) in [6.07, 6.45) is 1.12. The Morgan fingerprint density at radius 2 is 2.40 bits per heavy atom. The van der Waals surface area contributed by atoms with Gasteiger partial charge in [-0.15, -0.1) is 21.5 Å². The van der Waals surface area contributed by atoms with Crippen LogP contribution < -0.4 is 0 Å². The van der Waals surface area contributed by atoms with Crippen molar-refractivity contribution in [3.05, 3.63) is 16.3 Å². The summed E-state index contributed by atoms with van der Waals surface area (Å²) >= 11 is 1.19. The normalized spacial score (nSPS) is 11.7. The third kappa shape index (κ3) is 2.40. The number of nitrogens with zero attached hydrogens (tertiary/aromatic N) is 2. The van der Waals surface area contributed by atoms with Crippen LogP contribution in [0.3, 0.4) is 0 Å². The second kappa shape index (κ2) is 2.63. The highest BCUT2D eigenvalue weighted by Gasteiger charge is 2.07. The Morgan fingerprint density at radius 3 is 2.80 bits per heavy atom. The average Bonchev–Trinajstić information content (AvgIpc) is 2.12. The molecular weight excluding hydrogens is 172 g/mol. The van der Waals surface area contributed by atoms with Gasteiger partial charge in [-0.3, -0.25) is 0 Å². The van der Waals surface area contributed by atoms with E-state index in [1.165, 1.54) is 16.8 Å². The van der Waals surface area contributed by atoms with E-state index in [1.807, 2.05) is 0 Å². The first-order valence-corrected chi connectivity index (χ1v) is 5.22. The number of rotatable bonds is 2. The first-order valence-electron chi connectivity index (χ1n) is 2.39. The van der Waals surface area contributed by atoms with E-state index >= 15 is 0 Å². The molecular formula is C4H5N2O2S2. The van der Waals surface area contributed by atoms with Gasteiger partial charge in [-0.05, 0) is 0 Å². The van der Waals surface area contributed by atoms with Gasteiger partial charge in [0.2, 0.25) is 0 Å². The summed E-state index contributed by atoms with van der Waals surface area (Å²) in [5.41, 5.74) is 1.48. The summed E-state index contributed by atoms with van der Waals surface area (Å²) in [5, 5.41) is 7.43. The molecule has 10 heavy (non-hydrogen) atoms. The van der Waals surface area contributed by atoms with Gasteiger partial charge in [-0.2, -0.15) is 0 Å². The van der Waals surface area contributed by atoms with Crippen LogP contribution in [0.5, 0.6) is 0 Å². The van der Waals surface area contributed by atoms with E-state index < -0.39 is 9.84 Å². The average molecular weight is 177 g/mol. The highest BCUT2D eigenvalue weighted by molar-refractivity contribution is 7.93. The molecule has 1 aromatic heterocycles. The molecule has 0 aliphatic heterocycles. The minimum Gasteiger partial charge on any atom is -0.228 e. The van der Waals surface area contributed by atoms with E-state index in [0.29, 0.717) is 5.01 Å². The molecule has 1 rings (SSSR count). The smallest absolute Gasteiger partial charge is 0.158 e. The standard InChI is InChI=1S/C4H5N2O2S2/c1-10(7,8)2-4-6-5-3-9-4/h2-3H,1H3. The van der Waals surface area contributed by atoms with Gasteiger partial charge in [0.05, 0.1) is 0 Å². The zero-order valence-electron chi connectivity index (χ0n) is 5.18. The van der Waals surface area contributed by atoms with Gasteiger partial charge in [0.15, 0.2) is 9.84 Å². The van der Waals surface area contributed by atoms with Crippen LogP contribution in [-0.4, -0.2) is 24.9 Å². The Hall–Kier alpha value is -0.490. The van der Waals surface area contributed by atoms with Crippen molar-refractivity contribution in [3.8, 4) is 0 Å². The van der Waals surface area contributed by atoms with Crippen LogP contribution in [0.15, 0.2) is 5.51 Å². The molecule has 0 bridgehead atoms. The minimum atomic E-state index is -3.06. The lowest BCUT2D eigenvalue weighted by Crippen LogP contribution is -1.96. The molecule has 0 spiro atoms. The lowest BCUT2D eigenvalue weighted by atomic mass is 10.9. The van der Waals surface area contributed by atoms with Crippen molar-refractivity contribution in [2.24, 2.45) is 0 Å². The number of sulfone groups is 1. The van der Waals surface area contributed by atoms with Crippen LogP contribution in [0, 0.1) is 5.75 Å². The molecule has 1 radical (unpaired) electrons. The molecule has 0 amide bonds. The summed E-state index contributed by atoms with van der Waals surface area (Å²) in [4.78, 5) is 0. The van der Waals surface area contributed by atoms with E-state index in [2.05, 4.69) is 10.2 Å². The fraction of sp³-hybridized carbons (Fsp3) is 0.250. The van der Waals surface area contributed by atoms with E-state index in [-0.39, 0.29) is 0 Å².